The summed E-state index contributed by atoms with van der Waals surface area (Å²) < 4.78 is 68.3. The van der Waals surface area contributed by atoms with Crippen molar-refractivity contribution in [3.05, 3.63) is 28.6 Å². The lowest BCUT2D eigenvalue weighted by molar-refractivity contribution is -0.142. The quantitative estimate of drug-likeness (QED) is 0.631. The third-order valence-corrected chi connectivity index (χ3v) is 2.58. The minimum atomic E-state index is -4.82. The molecule has 0 saturated heterocycles. The molecule has 1 aromatic rings. The summed E-state index contributed by atoms with van der Waals surface area (Å²) in [4.78, 5) is 14.4. The Morgan fingerprint density at radius 3 is 2.45 bits per heavy atom. The van der Waals surface area contributed by atoms with Crippen LogP contribution in [0.4, 0.5) is 22.0 Å². The van der Waals surface area contributed by atoms with Crippen molar-refractivity contribution in [3.63, 3.8) is 0 Å². The molecule has 0 radical (unpaired) electrons. The molecule has 0 atom stereocenters. The molecule has 8 heteroatoms. The van der Waals surface area contributed by atoms with Crippen LogP contribution in [0.15, 0.2) is 6.20 Å². The lowest BCUT2D eigenvalue weighted by Crippen LogP contribution is -2.16. The number of hydrogen-bond donors (Lipinski definition) is 0. The fourth-order valence-corrected chi connectivity index (χ4v) is 1.78. The Morgan fingerprint density at radius 2 is 2.00 bits per heavy atom. The van der Waals surface area contributed by atoms with Crippen LogP contribution in [0.25, 0.3) is 0 Å². The summed E-state index contributed by atoms with van der Waals surface area (Å²) in [5.41, 5.74) is -3.13. The van der Waals surface area contributed by atoms with E-state index in [0.29, 0.717) is 6.20 Å². The molecule has 0 N–H and O–H groups in total. The Kier molecular flexibility index (Phi) is 5.02. The van der Waals surface area contributed by atoms with E-state index in [1.54, 1.807) is 0 Å². The standard InChI is InChI=1S/C12H12F5NO2/c1-3-20-8(19)4-7-5-18-10(12(15,16)17)6(2)9(7)11(13)14/h5,11H,3-4H2,1-2H3. The van der Waals surface area contributed by atoms with Gasteiger partial charge in [0, 0.05) is 11.8 Å². The van der Waals surface area contributed by atoms with Crippen LogP contribution in [-0.2, 0) is 22.1 Å². The molecule has 0 bridgehead atoms. The number of pyridine rings is 1. The minimum absolute atomic E-state index is 0.0515. The average molecular weight is 297 g/mol. The van der Waals surface area contributed by atoms with E-state index in [1.807, 2.05) is 0 Å². The maximum atomic E-state index is 12.9. The number of nitrogens with zero attached hydrogens (tertiary/aromatic N) is 1. The Balaban J connectivity index is 3.27. The Bertz CT molecular complexity index is 499. The minimum Gasteiger partial charge on any atom is -0.466 e. The summed E-state index contributed by atoms with van der Waals surface area (Å²) in [7, 11) is 0. The first-order valence-electron chi connectivity index (χ1n) is 5.67. The molecular formula is C12H12F5NO2. The van der Waals surface area contributed by atoms with Gasteiger partial charge in [-0.1, -0.05) is 0 Å². The van der Waals surface area contributed by atoms with Gasteiger partial charge in [0.1, 0.15) is 5.69 Å². The largest absolute Gasteiger partial charge is 0.466 e. The fraction of sp³-hybridized carbons (Fsp3) is 0.500. The number of carbonyl (C=O) groups is 1. The zero-order valence-electron chi connectivity index (χ0n) is 10.7. The van der Waals surface area contributed by atoms with Crippen LogP contribution in [0.1, 0.15) is 35.7 Å². The summed E-state index contributed by atoms with van der Waals surface area (Å²) in [6.45, 7) is 2.49. The lowest BCUT2D eigenvalue weighted by atomic mass is 10.00. The van der Waals surface area contributed by atoms with Crippen molar-refractivity contribution >= 4 is 5.97 Å². The van der Waals surface area contributed by atoms with Crippen LogP contribution >= 0.6 is 0 Å². The molecule has 1 heterocycles. The molecule has 0 aliphatic heterocycles. The van der Waals surface area contributed by atoms with Gasteiger partial charge >= 0.3 is 12.1 Å². The number of esters is 1. The average Bonchev–Trinajstić information content (AvgIpc) is 2.26. The lowest BCUT2D eigenvalue weighted by Gasteiger charge is -2.16. The predicted octanol–water partition coefficient (Wildman–Crippen LogP) is 3.45. The number of alkyl halides is 5. The molecule has 0 amide bonds. The highest BCUT2D eigenvalue weighted by Gasteiger charge is 2.37. The van der Waals surface area contributed by atoms with E-state index < -0.39 is 41.8 Å². The maximum absolute atomic E-state index is 12.9. The fourth-order valence-electron chi connectivity index (χ4n) is 1.78. The van der Waals surface area contributed by atoms with Crippen molar-refractivity contribution in [2.24, 2.45) is 0 Å². The summed E-state index contributed by atoms with van der Waals surface area (Å²) >= 11 is 0. The Morgan fingerprint density at radius 1 is 1.40 bits per heavy atom. The van der Waals surface area contributed by atoms with Gasteiger partial charge in [0.15, 0.2) is 0 Å². The van der Waals surface area contributed by atoms with E-state index in [1.165, 1.54) is 6.92 Å². The molecule has 0 spiro atoms. The molecule has 1 aromatic heterocycles. The van der Waals surface area contributed by atoms with Crippen LogP contribution in [0.2, 0.25) is 0 Å². The van der Waals surface area contributed by atoms with E-state index >= 15 is 0 Å². The number of halogens is 5. The van der Waals surface area contributed by atoms with Crippen molar-refractivity contribution in [1.29, 1.82) is 0 Å². The van der Waals surface area contributed by atoms with Crippen molar-refractivity contribution in [1.82, 2.24) is 4.98 Å². The molecule has 1 rings (SSSR count). The maximum Gasteiger partial charge on any atom is 0.433 e. The van der Waals surface area contributed by atoms with Gasteiger partial charge < -0.3 is 4.74 Å². The van der Waals surface area contributed by atoms with Crippen molar-refractivity contribution < 1.29 is 31.5 Å². The second-order valence-corrected chi connectivity index (χ2v) is 3.95. The highest BCUT2D eigenvalue weighted by molar-refractivity contribution is 5.73. The van der Waals surface area contributed by atoms with Gasteiger partial charge in [-0.15, -0.1) is 0 Å². The van der Waals surface area contributed by atoms with Gasteiger partial charge in [-0.05, 0) is 25.0 Å². The second-order valence-electron chi connectivity index (χ2n) is 3.95. The normalized spacial score (nSPS) is 11.8. The van der Waals surface area contributed by atoms with Crippen LogP contribution in [-0.4, -0.2) is 17.6 Å². The van der Waals surface area contributed by atoms with Crippen LogP contribution in [0, 0.1) is 6.92 Å². The molecule has 112 valence electrons. The summed E-state index contributed by atoms with van der Waals surface area (Å²) in [5, 5.41) is 0. The number of carbonyl (C=O) groups excluding carboxylic acids is 1. The smallest absolute Gasteiger partial charge is 0.433 e. The second kappa shape index (κ2) is 6.15. The predicted molar refractivity (Wildman–Crippen MR) is 59.3 cm³/mol. The molecular weight excluding hydrogens is 285 g/mol. The van der Waals surface area contributed by atoms with Crippen molar-refractivity contribution in [3.8, 4) is 0 Å². The number of hydrogen-bond acceptors (Lipinski definition) is 3. The highest BCUT2D eigenvalue weighted by Crippen LogP contribution is 2.35. The summed E-state index contributed by atoms with van der Waals surface area (Å²) in [6, 6.07) is 0. The van der Waals surface area contributed by atoms with Crippen molar-refractivity contribution in [2.45, 2.75) is 32.9 Å². The molecule has 0 aliphatic carbocycles. The molecule has 0 aromatic carbocycles. The van der Waals surface area contributed by atoms with Crippen LogP contribution < -0.4 is 0 Å². The van der Waals surface area contributed by atoms with Gasteiger partial charge in [-0.3, -0.25) is 9.78 Å². The highest BCUT2D eigenvalue weighted by atomic mass is 19.4. The molecule has 0 aliphatic rings. The van der Waals surface area contributed by atoms with Crippen LogP contribution in [0.5, 0.6) is 0 Å². The van der Waals surface area contributed by atoms with E-state index in [0.717, 1.165) is 6.92 Å². The topological polar surface area (TPSA) is 39.2 Å². The first-order chi connectivity index (χ1) is 9.18. The van der Waals surface area contributed by atoms with E-state index in [9.17, 15) is 26.7 Å². The molecule has 20 heavy (non-hydrogen) atoms. The van der Waals surface area contributed by atoms with Crippen molar-refractivity contribution in [2.75, 3.05) is 6.61 Å². The van der Waals surface area contributed by atoms with Gasteiger partial charge in [0.05, 0.1) is 13.0 Å². The third kappa shape index (κ3) is 3.64. The molecule has 0 unspecified atom stereocenters. The monoisotopic (exact) mass is 297 g/mol. The van der Waals surface area contributed by atoms with E-state index in [2.05, 4.69) is 9.72 Å². The van der Waals surface area contributed by atoms with Gasteiger partial charge in [0.25, 0.3) is 6.43 Å². The Hall–Kier alpha value is -1.73. The SMILES string of the molecule is CCOC(=O)Cc1cnc(C(F)(F)F)c(C)c1C(F)F. The summed E-state index contributed by atoms with van der Waals surface area (Å²) in [6.07, 6.45) is -7.85. The van der Waals surface area contributed by atoms with Crippen LogP contribution in [0.3, 0.4) is 0 Å². The van der Waals surface area contributed by atoms with E-state index in [-0.39, 0.29) is 12.2 Å². The van der Waals surface area contributed by atoms with Gasteiger partial charge in [-0.2, -0.15) is 13.2 Å². The molecule has 0 saturated carbocycles. The van der Waals surface area contributed by atoms with E-state index in [4.69, 9.17) is 0 Å². The first kappa shape index (κ1) is 16.3. The number of rotatable bonds is 4. The number of aromatic nitrogens is 1. The molecule has 3 nitrogen and oxygen atoms in total. The number of ether oxygens (including phenoxy) is 1. The summed E-state index contributed by atoms with van der Waals surface area (Å²) in [5.74, 6) is -0.796. The Labute approximate surface area is 111 Å². The molecule has 0 fully saturated rings. The van der Waals surface area contributed by atoms with Gasteiger partial charge in [-0.25, -0.2) is 8.78 Å². The van der Waals surface area contributed by atoms with Gasteiger partial charge in [0.2, 0.25) is 0 Å². The zero-order chi connectivity index (χ0) is 15.5. The first-order valence-corrected chi connectivity index (χ1v) is 5.67. The zero-order valence-corrected chi connectivity index (χ0v) is 10.7. The third-order valence-electron chi connectivity index (χ3n) is 2.58.